The first-order valence-corrected chi connectivity index (χ1v) is 4.91. The molecule has 66 valence electrons. The summed E-state index contributed by atoms with van der Waals surface area (Å²) in [6.07, 6.45) is 7.68. The third-order valence-corrected chi connectivity index (χ3v) is 3.68. The molecule has 0 heterocycles. The standard InChI is InChI=1S/C11H16O/c1-3-8-9-6-4-5-7-11(9,2)10(8)12/h4,6,8-9H,3,5,7H2,1-2H3. The first-order chi connectivity index (χ1) is 5.70. The first-order valence-electron chi connectivity index (χ1n) is 4.91. The summed E-state index contributed by atoms with van der Waals surface area (Å²) in [5, 5.41) is 0. The number of rotatable bonds is 1. The maximum Gasteiger partial charge on any atom is 0.143 e. The summed E-state index contributed by atoms with van der Waals surface area (Å²) < 4.78 is 0. The van der Waals surface area contributed by atoms with Crippen LogP contribution in [0.1, 0.15) is 33.1 Å². The lowest BCUT2D eigenvalue weighted by Gasteiger charge is -2.52. The van der Waals surface area contributed by atoms with Crippen LogP contribution in [0.5, 0.6) is 0 Å². The second kappa shape index (κ2) is 2.45. The molecule has 0 aromatic rings. The fourth-order valence-corrected chi connectivity index (χ4v) is 2.80. The lowest BCUT2D eigenvalue weighted by molar-refractivity contribution is -0.153. The van der Waals surface area contributed by atoms with Crippen LogP contribution in [0.4, 0.5) is 0 Å². The van der Waals surface area contributed by atoms with Crippen molar-refractivity contribution in [3.05, 3.63) is 12.2 Å². The van der Waals surface area contributed by atoms with Crippen molar-refractivity contribution < 1.29 is 4.79 Å². The molecule has 0 N–H and O–H groups in total. The second-order valence-corrected chi connectivity index (χ2v) is 4.29. The average Bonchev–Trinajstić information content (AvgIpc) is 2.09. The lowest BCUT2D eigenvalue weighted by Crippen LogP contribution is -2.55. The molecule has 1 nitrogen and oxygen atoms in total. The van der Waals surface area contributed by atoms with Gasteiger partial charge in [-0.05, 0) is 25.2 Å². The number of ketones is 1. The van der Waals surface area contributed by atoms with E-state index in [1.54, 1.807) is 0 Å². The van der Waals surface area contributed by atoms with E-state index in [0.717, 1.165) is 19.3 Å². The summed E-state index contributed by atoms with van der Waals surface area (Å²) in [6.45, 7) is 4.25. The van der Waals surface area contributed by atoms with Crippen LogP contribution in [-0.4, -0.2) is 5.78 Å². The summed E-state index contributed by atoms with van der Waals surface area (Å²) in [7, 11) is 0. The smallest absolute Gasteiger partial charge is 0.143 e. The maximum absolute atomic E-state index is 11.7. The van der Waals surface area contributed by atoms with Gasteiger partial charge in [-0.15, -0.1) is 0 Å². The normalized spacial score (nSPS) is 45.3. The van der Waals surface area contributed by atoms with E-state index in [4.69, 9.17) is 0 Å². The minimum Gasteiger partial charge on any atom is -0.299 e. The number of allylic oxidation sites excluding steroid dienone is 2. The predicted octanol–water partition coefficient (Wildman–Crippen LogP) is 2.57. The van der Waals surface area contributed by atoms with Gasteiger partial charge >= 0.3 is 0 Å². The van der Waals surface area contributed by atoms with Crippen LogP contribution < -0.4 is 0 Å². The number of hydrogen-bond acceptors (Lipinski definition) is 1. The van der Waals surface area contributed by atoms with Gasteiger partial charge in [0.1, 0.15) is 5.78 Å². The number of fused-ring (bicyclic) bond motifs is 1. The molecule has 0 radical (unpaired) electrons. The Morgan fingerprint density at radius 2 is 2.42 bits per heavy atom. The van der Waals surface area contributed by atoms with Crippen molar-refractivity contribution in [3.63, 3.8) is 0 Å². The molecular formula is C11H16O. The zero-order valence-electron chi connectivity index (χ0n) is 7.84. The number of Topliss-reactive ketones (excluding diaryl/α,β-unsaturated/α-hetero) is 1. The van der Waals surface area contributed by atoms with Gasteiger partial charge in [-0.25, -0.2) is 0 Å². The Morgan fingerprint density at radius 1 is 1.67 bits per heavy atom. The molecule has 2 aliphatic rings. The van der Waals surface area contributed by atoms with E-state index >= 15 is 0 Å². The van der Waals surface area contributed by atoms with E-state index in [1.165, 1.54) is 0 Å². The Kier molecular flexibility index (Phi) is 1.64. The largest absolute Gasteiger partial charge is 0.299 e. The SMILES string of the molecule is CCC1C(=O)C2(C)CCC=CC12. The molecule has 1 saturated carbocycles. The van der Waals surface area contributed by atoms with Crippen molar-refractivity contribution in [2.45, 2.75) is 33.1 Å². The zero-order chi connectivity index (χ0) is 8.77. The van der Waals surface area contributed by atoms with Gasteiger partial charge in [0.15, 0.2) is 0 Å². The zero-order valence-corrected chi connectivity index (χ0v) is 7.84. The van der Waals surface area contributed by atoms with Gasteiger partial charge < -0.3 is 0 Å². The summed E-state index contributed by atoms with van der Waals surface area (Å²) in [4.78, 5) is 11.7. The van der Waals surface area contributed by atoms with Gasteiger partial charge in [-0.1, -0.05) is 26.0 Å². The molecule has 0 spiro atoms. The summed E-state index contributed by atoms with van der Waals surface area (Å²) in [5.74, 6) is 1.41. The Bertz CT molecular complexity index is 241. The Balaban J connectivity index is 2.25. The minimum atomic E-state index is 0.0232. The van der Waals surface area contributed by atoms with Crippen LogP contribution in [0.2, 0.25) is 0 Å². The first kappa shape index (κ1) is 8.03. The van der Waals surface area contributed by atoms with Gasteiger partial charge in [-0.2, -0.15) is 0 Å². The topological polar surface area (TPSA) is 17.1 Å². The van der Waals surface area contributed by atoms with E-state index in [2.05, 4.69) is 26.0 Å². The van der Waals surface area contributed by atoms with Crippen LogP contribution in [0.15, 0.2) is 12.2 Å². The van der Waals surface area contributed by atoms with E-state index in [0.29, 0.717) is 17.6 Å². The fourth-order valence-electron chi connectivity index (χ4n) is 2.80. The van der Waals surface area contributed by atoms with Crippen molar-refractivity contribution >= 4 is 5.78 Å². The van der Waals surface area contributed by atoms with Gasteiger partial charge in [0.2, 0.25) is 0 Å². The third-order valence-electron chi connectivity index (χ3n) is 3.68. The Morgan fingerprint density at radius 3 is 3.08 bits per heavy atom. The van der Waals surface area contributed by atoms with Gasteiger partial charge in [0.25, 0.3) is 0 Å². The quantitative estimate of drug-likeness (QED) is 0.544. The van der Waals surface area contributed by atoms with Crippen molar-refractivity contribution in [1.82, 2.24) is 0 Å². The molecule has 2 rings (SSSR count). The van der Waals surface area contributed by atoms with Gasteiger partial charge in [-0.3, -0.25) is 4.79 Å². The van der Waals surface area contributed by atoms with Crippen LogP contribution in [0.25, 0.3) is 0 Å². The lowest BCUT2D eigenvalue weighted by atomic mass is 9.50. The van der Waals surface area contributed by atoms with E-state index < -0.39 is 0 Å². The molecule has 0 aromatic carbocycles. The van der Waals surface area contributed by atoms with Crippen LogP contribution in [-0.2, 0) is 4.79 Å². The highest BCUT2D eigenvalue weighted by atomic mass is 16.1. The van der Waals surface area contributed by atoms with Crippen molar-refractivity contribution in [2.75, 3.05) is 0 Å². The van der Waals surface area contributed by atoms with E-state index in [1.807, 2.05) is 0 Å². The molecule has 1 fully saturated rings. The molecule has 0 saturated heterocycles. The predicted molar refractivity (Wildman–Crippen MR) is 48.8 cm³/mol. The Hall–Kier alpha value is -0.590. The van der Waals surface area contributed by atoms with Crippen molar-refractivity contribution in [1.29, 1.82) is 0 Å². The fraction of sp³-hybridized carbons (Fsp3) is 0.727. The second-order valence-electron chi connectivity index (χ2n) is 4.29. The molecule has 2 aliphatic carbocycles. The number of carbonyl (C=O) groups is 1. The van der Waals surface area contributed by atoms with E-state index in [-0.39, 0.29) is 5.41 Å². The third kappa shape index (κ3) is 0.769. The monoisotopic (exact) mass is 164 g/mol. The van der Waals surface area contributed by atoms with E-state index in [9.17, 15) is 4.79 Å². The highest BCUT2D eigenvalue weighted by molar-refractivity contribution is 5.94. The maximum atomic E-state index is 11.7. The Labute approximate surface area is 73.8 Å². The molecule has 0 bridgehead atoms. The van der Waals surface area contributed by atoms with Crippen molar-refractivity contribution in [2.24, 2.45) is 17.3 Å². The molecular weight excluding hydrogens is 148 g/mol. The minimum absolute atomic E-state index is 0.0232. The average molecular weight is 164 g/mol. The number of hydrogen-bond donors (Lipinski definition) is 0. The molecule has 0 aromatic heterocycles. The molecule has 0 aliphatic heterocycles. The van der Waals surface area contributed by atoms with Crippen LogP contribution in [0, 0.1) is 17.3 Å². The molecule has 12 heavy (non-hydrogen) atoms. The highest BCUT2D eigenvalue weighted by Gasteiger charge is 2.56. The van der Waals surface area contributed by atoms with Crippen LogP contribution in [0.3, 0.4) is 0 Å². The summed E-state index contributed by atoms with van der Waals surface area (Å²) in [5.41, 5.74) is 0.0232. The van der Waals surface area contributed by atoms with Crippen molar-refractivity contribution in [3.8, 4) is 0 Å². The van der Waals surface area contributed by atoms with Gasteiger partial charge in [0.05, 0.1) is 0 Å². The van der Waals surface area contributed by atoms with Gasteiger partial charge in [0, 0.05) is 11.3 Å². The van der Waals surface area contributed by atoms with Crippen LogP contribution >= 0.6 is 0 Å². The molecule has 3 atom stereocenters. The number of carbonyl (C=O) groups excluding carboxylic acids is 1. The summed E-state index contributed by atoms with van der Waals surface area (Å²) in [6, 6.07) is 0. The molecule has 0 amide bonds. The highest BCUT2D eigenvalue weighted by Crippen LogP contribution is 2.54. The summed E-state index contributed by atoms with van der Waals surface area (Å²) >= 11 is 0. The molecule has 1 heteroatoms. The molecule has 3 unspecified atom stereocenters.